The lowest BCUT2D eigenvalue weighted by molar-refractivity contribution is -0.348. The summed E-state index contributed by atoms with van der Waals surface area (Å²) < 4.78 is 161. The fourth-order valence-corrected chi connectivity index (χ4v) is 10.5. The SMILES string of the molecule is CS(=O)(=O)N1CC(O)(CNC(=O)[C@@H]2CC[C@@]3(S(=O)(=O)c4ccc(F)cc4)c4ccc(C(F)(C(F)(F)F)C(F)(F)F)cc4CC[C@@H]23)C1. The van der Waals surface area contributed by atoms with Crippen molar-refractivity contribution < 1.29 is 61.9 Å². The third-order valence-electron chi connectivity index (χ3n) is 9.32. The Balaban J connectivity index is 1.55. The molecule has 3 atom stereocenters. The van der Waals surface area contributed by atoms with E-state index < -0.39 is 82.2 Å². The molecule has 1 saturated heterocycles. The maximum Gasteiger partial charge on any atom is 0.435 e. The number of aryl methyl sites for hydroxylation is 1. The number of rotatable bonds is 7. The summed E-state index contributed by atoms with van der Waals surface area (Å²) in [5, 5.41) is 13.1. The van der Waals surface area contributed by atoms with Crippen molar-refractivity contribution in [2.75, 3.05) is 25.9 Å². The number of sulfone groups is 1. The average molecular weight is 705 g/mol. The molecule has 0 bridgehead atoms. The molecule has 1 amide bonds. The van der Waals surface area contributed by atoms with E-state index in [0.717, 1.165) is 40.9 Å². The quantitative estimate of drug-likeness (QED) is 0.334. The standard InChI is InChI=1S/C28H28F8N2O6S2/c1-45(41,42)38-14-24(40,15-38)13-37-23(39)20-10-11-25(46(43,44)19-6-4-18(29)5-7-19)21-9-3-17(12-16(21)2-8-22(20)25)26(30,27(31,32)33)28(34,35)36/h3-7,9,12,20,22,40H,2,8,10-11,13-15H2,1H3,(H,37,39)/t20-,22+,25-/m1/s1. The van der Waals surface area contributed by atoms with Crippen molar-refractivity contribution in [3.63, 3.8) is 0 Å². The van der Waals surface area contributed by atoms with E-state index in [1.54, 1.807) is 0 Å². The lowest BCUT2D eigenvalue weighted by Crippen LogP contribution is -2.67. The number of hydrogen-bond donors (Lipinski definition) is 2. The van der Waals surface area contributed by atoms with Crippen LogP contribution in [0.2, 0.25) is 0 Å². The predicted molar refractivity (Wildman–Crippen MR) is 146 cm³/mol. The summed E-state index contributed by atoms with van der Waals surface area (Å²) in [6, 6.07) is 4.94. The van der Waals surface area contributed by atoms with Gasteiger partial charge in [0.15, 0.2) is 9.84 Å². The van der Waals surface area contributed by atoms with E-state index in [4.69, 9.17) is 0 Å². The van der Waals surface area contributed by atoms with Crippen LogP contribution in [0.1, 0.15) is 36.0 Å². The second-order valence-corrected chi connectivity index (χ2v) is 16.3. The van der Waals surface area contributed by atoms with E-state index in [9.17, 15) is 61.9 Å². The Hall–Kier alpha value is -2.83. The zero-order valence-electron chi connectivity index (χ0n) is 23.9. The Morgan fingerprint density at radius 2 is 1.54 bits per heavy atom. The van der Waals surface area contributed by atoms with E-state index in [0.29, 0.717) is 6.07 Å². The number of halogens is 8. The summed E-state index contributed by atoms with van der Waals surface area (Å²) in [7, 11) is -8.23. The van der Waals surface area contributed by atoms with E-state index in [1.807, 2.05) is 0 Å². The van der Waals surface area contributed by atoms with Crippen LogP contribution in [0.4, 0.5) is 35.1 Å². The maximum atomic E-state index is 15.0. The molecule has 2 fully saturated rings. The van der Waals surface area contributed by atoms with Crippen LogP contribution in [-0.2, 0) is 41.5 Å². The molecule has 3 aliphatic rings. The molecule has 5 rings (SSSR count). The molecule has 2 aliphatic carbocycles. The fraction of sp³-hybridized carbons (Fsp3) is 0.536. The second kappa shape index (κ2) is 10.8. The number of fused-ring (bicyclic) bond motifs is 3. The van der Waals surface area contributed by atoms with Gasteiger partial charge in [-0.2, -0.15) is 30.6 Å². The van der Waals surface area contributed by atoms with E-state index in [1.165, 1.54) is 0 Å². The van der Waals surface area contributed by atoms with Crippen molar-refractivity contribution in [3.8, 4) is 0 Å². The molecule has 46 heavy (non-hydrogen) atoms. The predicted octanol–water partition coefficient (Wildman–Crippen LogP) is 3.88. The van der Waals surface area contributed by atoms with E-state index in [2.05, 4.69) is 5.32 Å². The first-order valence-electron chi connectivity index (χ1n) is 13.9. The molecule has 1 saturated carbocycles. The van der Waals surface area contributed by atoms with Crippen molar-refractivity contribution in [2.24, 2.45) is 11.8 Å². The summed E-state index contributed by atoms with van der Waals surface area (Å²) >= 11 is 0. The van der Waals surface area contributed by atoms with Crippen LogP contribution >= 0.6 is 0 Å². The van der Waals surface area contributed by atoms with E-state index in [-0.39, 0.29) is 62.5 Å². The monoisotopic (exact) mass is 704 g/mol. The minimum Gasteiger partial charge on any atom is -0.385 e. The number of sulfonamides is 1. The highest BCUT2D eigenvalue weighted by Crippen LogP contribution is 2.60. The second-order valence-electron chi connectivity index (χ2n) is 12.1. The van der Waals surface area contributed by atoms with Crippen LogP contribution < -0.4 is 5.32 Å². The number of hydrogen-bond acceptors (Lipinski definition) is 6. The van der Waals surface area contributed by atoms with Gasteiger partial charge in [-0.05, 0) is 67.0 Å². The molecule has 254 valence electrons. The molecule has 18 heteroatoms. The molecule has 8 nitrogen and oxygen atoms in total. The van der Waals surface area contributed by atoms with Gasteiger partial charge >= 0.3 is 18.0 Å². The largest absolute Gasteiger partial charge is 0.435 e. The third-order valence-corrected chi connectivity index (χ3v) is 13.1. The lowest BCUT2D eigenvalue weighted by atomic mass is 9.72. The van der Waals surface area contributed by atoms with Gasteiger partial charge in [-0.25, -0.2) is 25.6 Å². The first-order valence-corrected chi connectivity index (χ1v) is 17.2. The van der Waals surface area contributed by atoms with Gasteiger partial charge in [0.2, 0.25) is 15.9 Å². The van der Waals surface area contributed by atoms with Gasteiger partial charge in [-0.3, -0.25) is 4.79 Å². The van der Waals surface area contributed by atoms with Gasteiger partial charge in [0.1, 0.15) is 16.2 Å². The number of nitrogens with one attached hydrogen (secondary N) is 1. The Morgan fingerprint density at radius 3 is 2.09 bits per heavy atom. The first-order chi connectivity index (χ1) is 21.0. The van der Waals surface area contributed by atoms with Gasteiger partial charge in [0.25, 0.3) is 0 Å². The highest BCUT2D eigenvalue weighted by atomic mass is 32.2. The van der Waals surface area contributed by atoms with Gasteiger partial charge in [-0.15, -0.1) is 0 Å². The van der Waals surface area contributed by atoms with Crippen molar-refractivity contribution in [2.45, 2.75) is 58.9 Å². The Bertz CT molecular complexity index is 1740. The highest BCUT2D eigenvalue weighted by molar-refractivity contribution is 7.92. The summed E-state index contributed by atoms with van der Waals surface area (Å²) in [5.74, 6) is -3.63. The van der Waals surface area contributed by atoms with Gasteiger partial charge in [0.05, 0.1) is 11.2 Å². The number of nitrogens with zero attached hydrogens (tertiary/aromatic N) is 1. The number of carbonyl (C=O) groups excluding carboxylic acids is 1. The summed E-state index contributed by atoms with van der Waals surface area (Å²) in [6.07, 6.45) is -12.8. The molecular weight excluding hydrogens is 676 g/mol. The van der Waals surface area contributed by atoms with Gasteiger partial charge in [-0.1, -0.05) is 18.2 Å². The Morgan fingerprint density at radius 1 is 0.957 bits per heavy atom. The number of carbonyl (C=O) groups is 1. The highest BCUT2D eigenvalue weighted by Gasteiger charge is 2.74. The zero-order valence-corrected chi connectivity index (χ0v) is 25.6. The molecule has 0 spiro atoms. The lowest BCUT2D eigenvalue weighted by Gasteiger charge is -2.45. The van der Waals surface area contributed by atoms with Crippen LogP contribution in [-0.4, -0.2) is 76.0 Å². The molecule has 0 unspecified atom stereocenters. The van der Waals surface area contributed by atoms with E-state index >= 15 is 0 Å². The zero-order chi connectivity index (χ0) is 34.3. The van der Waals surface area contributed by atoms with Crippen LogP contribution in [0.3, 0.4) is 0 Å². The average Bonchev–Trinajstić information content (AvgIpc) is 3.34. The van der Waals surface area contributed by atoms with Crippen LogP contribution in [0.25, 0.3) is 0 Å². The van der Waals surface area contributed by atoms with Crippen molar-refractivity contribution >= 4 is 25.8 Å². The van der Waals surface area contributed by atoms with Crippen molar-refractivity contribution in [3.05, 3.63) is 65.0 Å². The molecule has 0 radical (unpaired) electrons. The fourth-order valence-electron chi connectivity index (χ4n) is 7.03. The summed E-state index contributed by atoms with van der Waals surface area (Å²) in [4.78, 5) is 13.0. The molecule has 2 aromatic carbocycles. The van der Waals surface area contributed by atoms with Crippen LogP contribution in [0.5, 0.6) is 0 Å². The molecule has 1 heterocycles. The maximum absolute atomic E-state index is 15.0. The number of β-amino-alcohol motifs (C(OH)–C–C–N with tert-alkyl or cyclic N) is 1. The third kappa shape index (κ3) is 5.28. The molecular formula is C28H28F8N2O6S2. The van der Waals surface area contributed by atoms with Crippen molar-refractivity contribution in [1.82, 2.24) is 9.62 Å². The Labute approximate surface area is 258 Å². The summed E-state index contributed by atoms with van der Waals surface area (Å²) in [5.41, 5.74) is -9.59. The smallest absolute Gasteiger partial charge is 0.385 e. The Kier molecular flexibility index (Phi) is 8.14. The number of amides is 1. The first kappa shape index (κ1) is 34.5. The topological polar surface area (TPSA) is 121 Å². The normalized spacial score (nSPS) is 25.3. The van der Waals surface area contributed by atoms with Gasteiger partial charge in [0, 0.05) is 31.1 Å². The molecule has 2 aromatic rings. The number of alkyl halides is 7. The number of benzene rings is 2. The van der Waals surface area contributed by atoms with Gasteiger partial charge < -0.3 is 10.4 Å². The van der Waals surface area contributed by atoms with Crippen LogP contribution in [0, 0.1) is 17.7 Å². The molecule has 2 N–H and O–H groups in total. The van der Waals surface area contributed by atoms with Crippen molar-refractivity contribution in [1.29, 1.82) is 0 Å². The molecule has 0 aromatic heterocycles. The van der Waals surface area contributed by atoms with Crippen LogP contribution in [0.15, 0.2) is 47.4 Å². The minimum absolute atomic E-state index is 0.107. The molecule has 1 aliphatic heterocycles. The number of aliphatic hydroxyl groups is 1. The summed E-state index contributed by atoms with van der Waals surface area (Å²) in [6.45, 7) is -0.984. The minimum atomic E-state index is -6.39.